The second kappa shape index (κ2) is 7.00. The molecule has 5 nitrogen and oxygen atoms in total. The van der Waals surface area contributed by atoms with Crippen molar-refractivity contribution in [1.29, 1.82) is 0 Å². The number of phenolic OH excluding ortho intramolecular Hbond substituents is 1. The Labute approximate surface area is 141 Å². The number of nitrogens with zero attached hydrogens (tertiary/aromatic N) is 1. The van der Waals surface area contributed by atoms with E-state index in [1.807, 2.05) is 60.6 Å². The minimum atomic E-state index is 0.132. The number of ether oxygens (including phenoxy) is 3. The van der Waals surface area contributed by atoms with Gasteiger partial charge in [-0.2, -0.15) is 0 Å². The maximum atomic E-state index is 9.58. The van der Waals surface area contributed by atoms with Gasteiger partial charge in [-0.15, -0.1) is 0 Å². The summed E-state index contributed by atoms with van der Waals surface area (Å²) in [5.41, 5.74) is 1.95. The molecule has 2 aromatic carbocycles. The van der Waals surface area contributed by atoms with Crippen LogP contribution in [0.3, 0.4) is 0 Å². The molecular weight excluding hydrogens is 306 g/mol. The Morgan fingerprint density at radius 2 is 1.92 bits per heavy atom. The Balaban J connectivity index is 1.65. The zero-order valence-electron chi connectivity index (χ0n) is 13.6. The lowest BCUT2D eigenvalue weighted by Crippen LogP contribution is -2.07. The van der Waals surface area contributed by atoms with Crippen molar-refractivity contribution in [3.05, 3.63) is 60.3 Å². The summed E-state index contributed by atoms with van der Waals surface area (Å²) in [7, 11) is 3.49. The van der Waals surface area contributed by atoms with Crippen molar-refractivity contribution in [2.45, 2.75) is 0 Å². The Morgan fingerprint density at radius 3 is 2.75 bits per heavy atom. The molecule has 24 heavy (non-hydrogen) atoms. The smallest absolute Gasteiger partial charge is 0.231 e. The lowest BCUT2D eigenvalue weighted by Gasteiger charge is -2.14. The quantitative estimate of drug-likeness (QED) is 0.848. The van der Waals surface area contributed by atoms with Crippen LogP contribution in [0, 0.1) is 0 Å². The third-order valence-electron chi connectivity index (χ3n) is 3.68. The van der Waals surface area contributed by atoms with Crippen molar-refractivity contribution >= 4 is 11.8 Å². The molecule has 0 aliphatic carbocycles. The average Bonchev–Trinajstić information content (AvgIpc) is 3.07. The summed E-state index contributed by atoms with van der Waals surface area (Å²) in [6.07, 6.45) is 7.75. The van der Waals surface area contributed by atoms with Crippen LogP contribution in [0.5, 0.6) is 23.0 Å². The van der Waals surface area contributed by atoms with Crippen LogP contribution in [0.4, 0.5) is 5.69 Å². The van der Waals surface area contributed by atoms with Gasteiger partial charge in [0.25, 0.3) is 0 Å². The van der Waals surface area contributed by atoms with E-state index in [0.717, 1.165) is 22.7 Å². The fraction of sp³-hybridized carbons (Fsp3) is 0.158. The van der Waals surface area contributed by atoms with Gasteiger partial charge in [0.05, 0.1) is 7.11 Å². The van der Waals surface area contributed by atoms with Crippen molar-refractivity contribution in [1.82, 2.24) is 0 Å². The van der Waals surface area contributed by atoms with Crippen LogP contribution < -0.4 is 19.1 Å². The number of phenols is 1. The SMILES string of the molecule is COc1cc(C=CC=CN(C)c2ccc3c(c2)OCO3)ccc1O. The van der Waals surface area contributed by atoms with Crippen LogP contribution in [0.2, 0.25) is 0 Å². The second-order valence-electron chi connectivity index (χ2n) is 5.28. The van der Waals surface area contributed by atoms with Crippen LogP contribution in [0.25, 0.3) is 6.08 Å². The summed E-state index contributed by atoms with van der Waals surface area (Å²) in [5.74, 6) is 2.13. The normalized spacial score (nSPS) is 12.9. The molecule has 0 unspecified atom stereocenters. The Kier molecular flexibility index (Phi) is 4.61. The summed E-state index contributed by atoms with van der Waals surface area (Å²) in [6, 6.07) is 11.0. The molecule has 0 atom stereocenters. The Bertz CT molecular complexity index is 783. The average molecular weight is 325 g/mol. The number of methoxy groups -OCH3 is 1. The van der Waals surface area contributed by atoms with Crippen LogP contribution in [0.1, 0.15) is 5.56 Å². The van der Waals surface area contributed by atoms with E-state index in [0.29, 0.717) is 5.75 Å². The number of hydrogen-bond acceptors (Lipinski definition) is 5. The number of fused-ring (bicyclic) bond motifs is 1. The highest BCUT2D eigenvalue weighted by Gasteiger charge is 2.13. The number of aromatic hydroxyl groups is 1. The van der Waals surface area contributed by atoms with E-state index >= 15 is 0 Å². The van der Waals surface area contributed by atoms with E-state index < -0.39 is 0 Å². The summed E-state index contributed by atoms with van der Waals surface area (Å²) in [4.78, 5) is 1.99. The van der Waals surface area contributed by atoms with Gasteiger partial charge in [0.15, 0.2) is 23.0 Å². The monoisotopic (exact) mass is 325 g/mol. The second-order valence-corrected chi connectivity index (χ2v) is 5.28. The van der Waals surface area contributed by atoms with E-state index in [-0.39, 0.29) is 12.5 Å². The van der Waals surface area contributed by atoms with E-state index in [1.54, 1.807) is 12.1 Å². The lowest BCUT2D eigenvalue weighted by atomic mass is 10.2. The first-order valence-corrected chi connectivity index (χ1v) is 7.52. The van der Waals surface area contributed by atoms with Gasteiger partial charge in [0.2, 0.25) is 6.79 Å². The van der Waals surface area contributed by atoms with Gasteiger partial charge < -0.3 is 24.2 Å². The van der Waals surface area contributed by atoms with E-state index in [9.17, 15) is 5.11 Å². The molecule has 0 spiro atoms. The number of rotatable bonds is 5. The molecule has 1 heterocycles. The molecule has 1 aliphatic heterocycles. The zero-order chi connectivity index (χ0) is 16.9. The zero-order valence-corrected chi connectivity index (χ0v) is 13.6. The van der Waals surface area contributed by atoms with Gasteiger partial charge >= 0.3 is 0 Å². The van der Waals surface area contributed by atoms with Crippen molar-refractivity contribution in [3.8, 4) is 23.0 Å². The molecular formula is C19H19NO4. The third kappa shape index (κ3) is 3.46. The van der Waals surface area contributed by atoms with Crippen molar-refractivity contribution in [2.24, 2.45) is 0 Å². The molecule has 0 fully saturated rings. The lowest BCUT2D eigenvalue weighted by molar-refractivity contribution is 0.174. The molecule has 3 rings (SSSR count). The molecule has 1 N–H and O–H groups in total. The topological polar surface area (TPSA) is 51.2 Å². The van der Waals surface area contributed by atoms with Crippen LogP contribution in [0.15, 0.2) is 54.8 Å². The summed E-state index contributed by atoms with van der Waals surface area (Å²) in [6.45, 7) is 0.275. The van der Waals surface area contributed by atoms with Crippen molar-refractivity contribution in [3.63, 3.8) is 0 Å². The number of allylic oxidation sites excluding steroid dienone is 2. The highest BCUT2D eigenvalue weighted by atomic mass is 16.7. The first-order chi connectivity index (χ1) is 11.7. The standard InChI is InChI=1S/C19H19NO4/c1-20(15-7-9-17-19(12-15)24-13-23-17)10-4-3-5-14-6-8-16(21)18(11-14)22-2/h3-12,21H,13H2,1-2H3. The molecule has 124 valence electrons. The van der Waals surface area contributed by atoms with Gasteiger partial charge in [-0.05, 0) is 35.9 Å². The molecule has 5 heteroatoms. The molecule has 0 saturated heterocycles. The van der Waals surface area contributed by atoms with E-state index in [2.05, 4.69) is 0 Å². The van der Waals surface area contributed by atoms with Crippen LogP contribution in [-0.2, 0) is 0 Å². The first kappa shape index (κ1) is 15.8. The van der Waals surface area contributed by atoms with E-state index in [4.69, 9.17) is 14.2 Å². The van der Waals surface area contributed by atoms with Crippen molar-refractivity contribution < 1.29 is 19.3 Å². The predicted octanol–water partition coefficient (Wildman–Crippen LogP) is 3.79. The Morgan fingerprint density at radius 1 is 1.08 bits per heavy atom. The molecule has 1 aliphatic rings. The third-order valence-corrected chi connectivity index (χ3v) is 3.68. The minimum Gasteiger partial charge on any atom is -0.504 e. The van der Waals surface area contributed by atoms with E-state index in [1.165, 1.54) is 7.11 Å². The predicted molar refractivity (Wildman–Crippen MR) is 93.8 cm³/mol. The molecule has 0 aromatic heterocycles. The molecule has 0 saturated carbocycles. The van der Waals surface area contributed by atoms with Gasteiger partial charge in [-0.1, -0.05) is 18.2 Å². The van der Waals surface area contributed by atoms with Crippen LogP contribution in [-0.4, -0.2) is 26.1 Å². The van der Waals surface area contributed by atoms with Gasteiger partial charge in [-0.25, -0.2) is 0 Å². The fourth-order valence-corrected chi connectivity index (χ4v) is 2.33. The Hall–Kier alpha value is -3.08. The summed E-state index contributed by atoms with van der Waals surface area (Å²) < 4.78 is 15.8. The van der Waals surface area contributed by atoms with Crippen molar-refractivity contribution in [2.75, 3.05) is 25.9 Å². The minimum absolute atomic E-state index is 0.132. The first-order valence-electron chi connectivity index (χ1n) is 7.52. The maximum Gasteiger partial charge on any atom is 0.231 e. The molecule has 0 bridgehead atoms. The fourth-order valence-electron chi connectivity index (χ4n) is 2.33. The highest BCUT2D eigenvalue weighted by molar-refractivity contribution is 5.59. The molecule has 0 radical (unpaired) electrons. The summed E-state index contributed by atoms with van der Waals surface area (Å²) in [5, 5.41) is 9.58. The van der Waals surface area contributed by atoms with Gasteiger partial charge in [0.1, 0.15) is 0 Å². The summed E-state index contributed by atoms with van der Waals surface area (Å²) >= 11 is 0. The van der Waals surface area contributed by atoms with Gasteiger partial charge in [0, 0.05) is 25.0 Å². The number of benzene rings is 2. The highest BCUT2D eigenvalue weighted by Crippen LogP contribution is 2.35. The maximum absolute atomic E-state index is 9.58. The molecule has 2 aromatic rings. The number of anilines is 1. The van der Waals surface area contributed by atoms with Crippen LogP contribution >= 0.6 is 0 Å². The van der Waals surface area contributed by atoms with Gasteiger partial charge in [-0.3, -0.25) is 0 Å². The largest absolute Gasteiger partial charge is 0.504 e. The number of hydrogen-bond donors (Lipinski definition) is 1. The molecule has 0 amide bonds.